The van der Waals surface area contributed by atoms with Crippen LogP contribution in [0.25, 0.3) is 0 Å². The van der Waals surface area contributed by atoms with E-state index in [2.05, 4.69) is 5.32 Å². The lowest BCUT2D eigenvalue weighted by atomic mass is 10.0. The quantitative estimate of drug-likeness (QED) is 0.877. The number of nitrogens with zero attached hydrogens (tertiary/aromatic N) is 1. The van der Waals surface area contributed by atoms with Gasteiger partial charge in [-0.1, -0.05) is 18.2 Å². The summed E-state index contributed by atoms with van der Waals surface area (Å²) in [7, 11) is 0. The molecule has 5 nitrogen and oxygen atoms in total. The Morgan fingerprint density at radius 3 is 2.65 bits per heavy atom. The minimum Gasteiger partial charge on any atom is -0.483 e. The zero-order valence-electron chi connectivity index (χ0n) is 15.2. The molecule has 0 saturated carbocycles. The molecule has 0 atom stereocenters. The van der Waals surface area contributed by atoms with E-state index < -0.39 is 0 Å². The lowest BCUT2D eigenvalue weighted by Crippen LogP contribution is -2.47. The van der Waals surface area contributed by atoms with Crippen molar-refractivity contribution >= 4 is 23.2 Å². The zero-order chi connectivity index (χ0) is 18.5. The van der Waals surface area contributed by atoms with Gasteiger partial charge in [0.15, 0.2) is 6.61 Å². The summed E-state index contributed by atoms with van der Waals surface area (Å²) in [4.78, 5) is 27.1. The van der Waals surface area contributed by atoms with Crippen molar-refractivity contribution in [3.8, 4) is 5.75 Å². The maximum absolute atomic E-state index is 12.4. The fourth-order valence-corrected chi connectivity index (χ4v) is 3.68. The first kappa shape index (κ1) is 18.5. The molecule has 0 spiro atoms. The van der Waals surface area contributed by atoms with Crippen LogP contribution in [-0.2, 0) is 4.79 Å². The molecule has 0 radical (unpaired) electrons. The van der Waals surface area contributed by atoms with Gasteiger partial charge in [0, 0.05) is 19.1 Å². The molecule has 0 bridgehead atoms. The van der Waals surface area contributed by atoms with Crippen molar-refractivity contribution < 1.29 is 14.3 Å². The molecule has 1 N–H and O–H groups in total. The maximum atomic E-state index is 12.4. The van der Waals surface area contributed by atoms with Gasteiger partial charge in [0.1, 0.15) is 5.75 Å². The van der Waals surface area contributed by atoms with Crippen LogP contribution in [0.5, 0.6) is 5.75 Å². The molecule has 26 heavy (non-hydrogen) atoms. The van der Waals surface area contributed by atoms with Gasteiger partial charge in [0.2, 0.25) is 0 Å². The lowest BCUT2D eigenvalue weighted by Gasteiger charge is -2.32. The highest BCUT2D eigenvalue weighted by Crippen LogP contribution is 2.21. The van der Waals surface area contributed by atoms with E-state index in [4.69, 9.17) is 4.74 Å². The van der Waals surface area contributed by atoms with E-state index in [0.717, 1.165) is 34.6 Å². The van der Waals surface area contributed by atoms with E-state index in [1.54, 1.807) is 0 Å². The van der Waals surface area contributed by atoms with Gasteiger partial charge in [-0.05, 0) is 55.3 Å². The molecular weight excluding hydrogens is 348 g/mol. The van der Waals surface area contributed by atoms with E-state index in [0.29, 0.717) is 13.1 Å². The maximum Gasteiger partial charge on any atom is 0.261 e. The third kappa shape index (κ3) is 4.43. The number of hydrogen-bond donors (Lipinski definition) is 1. The first-order valence-corrected chi connectivity index (χ1v) is 9.73. The summed E-state index contributed by atoms with van der Waals surface area (Å²) >= 11 is 1.44. The number of benzene rings is 1. The normalized spacial score (nSPS) is 14.9. The minimum atomic E-state index is -0.0250. The standard InChI is InChI=1S/C20H24N2O3S/c1-14-5-3-6-17(15(14)2)25-13-19(23)22-10-8-16(9-11-22)21-20(24)18-7-4-12-26-18/h3-7,12,16H,8-11,13H2,1-2H3,(H,21,24). The number of likely N-dealkylation sites (tertiary alicyclic amines) is 1. The van der Waals surface area contributed by atoms with Gasteiger partial charge in [-0.3, -0.25) is 9.59 Å². The molecule has 6 heteroatoms. The molecule has 1 fully saturated rings. The number of thiophene rings is 1. The minimum absolute atomic E-state index is 0.00561. The number of piperidine rings is 1. The topological polar surface area (TPSA) is 58.6 Å². The SMILES string of the molecule is Cc1cccc(OCC(=O)N2CCC(NC(=O)c3cccs3)CC2)c1C. The van der Waals surface area contributed by atoms with Crippen LogP contribution in [0.4, 0.5) is 0 Å². The molecule has 138 valence electrons. The van der Waals surface area contributed by atoms with Crippen LogP contribution in [-0.4, -0.2) is 42.5 Å². The Kier molecular flexibility index (Phi) is 5.93. The monoisotopic (exact) mass is 372 g/mol. The summed E-state index contributed by atoms with van der Waals surface area (Å²) in [6, 6.07) is 9.67. The van der Waals surface area contributed by atoms with Crippen molar-refractivity contribution in [2.75, 3.05) is 19.7 Å². The Labute approximate surface area is 158 Å². The van der Waals surface area contributed by atoms with Gasteiger partial charge in [0.05, 0.1) is 4.88 Å². The number of ether oxygens (including phenoxy) is 1. The molecule has 3 rings (SSSR count). The number of carbonyl (C=O) groups is 2. The fraction of sp³-hybridized carbons (Fsp3) is 0.400. The molecule has 1 saturated heterocycles. The predicted molar refractivity (Wildman–Crippen MR) is 103 cm³/mol. The molecule has 2 heterocycles. The Hall–Kier alpha value is -2.34. The second kappa shape index (κ2) is 8.36. The van der Waals surface area contributed by atoms with Crippen molar-refractivity contribution in [3.63, 3.8) is 0 Å². The largest absolute Gasteiger partial charge is 0.483 e. The summed E-state index contributed by atoms with van der Waals surface area (Å²) in [5.41, 5.74) is 2.22. The first-order valence-electron chi connectivity index (χ1n) is 8.86. The van der Waals surface area contributed by atoms with Crippen molar-refractivity contribution in [1.29, 1.82) is 0 Å². The first-order chi connectivity index (χ1) is 12.5. The Bertz CT molecular complexity index is 765. The zero-order valence-corrected chi connectivity index (χ0v) is 16.0. The highest BCUT2D eigenvalue weighted by Gasteiger charge is 2.24. The van der Waals surface area contributed by atoms with Crippen molar-refractivity contribution in [1.82, 2.24) is 10.2 Å². The molecule has 0 unspecified atom stereocenters. The van der Waals surface area contributed by atoms with E-state index in [-0.39, 0.29) is 24.5 Å². The van der Waals surface area contributed by atoms with Crippen molar-refractivity contribution in [2.24, 2.45) is 0 Å². The van der Waals surface area contributed by atoms with Crippen LogP contribution in [0, 0.1) is 13.8 Å². The molecule has 0 aliphatic carbocycles. The van der Waals surface area contributed by atoms with E-state index in [1.165, 1.54) is 11.3 Å². The summed E-state index contributed by atoms with van der Waals surface area (Å²) in [5, 5.41) is 4.95. The molecule has 1 aliphatic rings. The van der Waals surface area contributed by atoms with Crippen LogP contribution >= 0.6 is 11.3 Å². The molecule has 2 aromatic rings. The Balaban J connectivity index is 1.45. The van der Waals surface area contributed by atoms with Crippen LogP contribution in [0.15, 0.2) is 35.7 Å². The van der Waals surface area contributed by atoms with Crippen molar-refractivity contribution in [3.05, 3.63) is 51.7 Å². The summed E-state index contributed by atoms with van der Waals surface area (Å²) in [6.45, 7) is 5.36. The third-order valence-corrected chi connectivity index (χ3v) is 5.70. The average molecular weight is 372 g/mol. The Morgan fingerprint density at radius 1 is 1.19 bits per heavy atom. The summed E-state index contributed by atoms with van der Waals surface area (Å²) in [5.74, 6) is 0.730. The average Bonchev–Trinajstić information content (AvgIpc) is 3.18. The number of nitrogens with one attached hydrogen (secondary N) is 1. The highest BCUT2D eigenvalue weighted by molar-refractivity contribution is 7.12. The molecule has 1 aromatic carbocycles. The Morgan fingerprint density at radius 2 is 1.96 bits per heavy atom. The second-order valence-electron chi connectivity index (χ2n) is 6.59. The number of amides is 2. The van der Waals surface area contributed by atoms with Crippen LogP contribution < -0.4 is 10.1 Å². The molecule has 1 aliphatic heterocycles. The van der Waals surface area contributed by atoms with Crippen LogP contribution in [0.1, 0.15) is 33.6 Å². The molecule has 2 amide bonds. The third-order valence-electron chi connectivity index (χ3n) is 4.83. The highest BCUT2D eigenvalue weighted by atomic mass is 32.1. The number of hydrogen-bond acceptors (Lipinski definition) is 4. The predicted octanol–water partition coefficient (Wildman–Crippen LogP) is 3.16. The van der Waals surface area contributed by atoms with Crippen LogP contribution in [0.3, 0.4) is 0 Å². The van der Waals surface area contributed by atoms with Gasteiger partial charge in [-0.15, -0.1) is 11.3 Å². The lowest BCUT2D eigenvalue weighted by molar-refractivity contribution is -0.134. The summed E-state index contributed by atoms with van der Waals surface area (Å²) in [6.07, 6.45) is 1.54. The van der Waals surface area contributed by atoms with Crippen LogP contribution in [0.2, 0.25) is 0 Å². The van der Waals surface area contributed by atoms with E-state index >= 15 is 0 Å². The number of rotatable bonds is 5. The van der Waals surface area contributed by atoms with Gasteiger partial charge in [0.25, 0.3) is 11.8 Å². The summed E-state index contributed by atoms with van der Waals surface area (Å²) < 4.78 is 5.71. The van der Waals surface area contributed by atoms with Gasteiger partial charge in [-0.25, -0.2) is 0 Å². The van der Waals surface area contributed by atoms with E-state index in [9.17, 15) is 9.59 Å². The van der Waals surface area contributed by atoms with Gasteiger partial charge >= 0.3 is 0 Å². The second-order valence-corrected chi connectivity index (χ2v) is 7.54. The van der Waals surface area contributed by atoms with Crippen molar-refractivity contribution in [2.45, 2.75) is 32.7 Å². The van der Waals surface area contributed by atoms with Gasteiger partial charge in [-0.2, -0.15) is 0 Å². The fourth-order valence-electron chi connectivity index (χ4n) is 3.05. The smallest absolute Gasteiger partial charge is 0.261 e. The van der Waals surface area contributed by atoms with E-state index in [1.807, 2.05) is 54.5 Å². The molecular formula is C20H24N2O3S. The molecule has 1 aromatic heterocycles. The number of aryl methyl sites for hydroxylation is 1. The number of carbonyl (C=O) groups excluding carboxylic acids is 2. The van der Waals surface area contributed by atoms with Gasteiger partial charge < -0.3 is 15.0 Å².